The summed E-state index contributed by atoms with van der Waals surface area (Å²) in [6, 6.07) is 8.03. The van der Waals surface area contributed by atoms with Crippen LogP contribution < -0.4 is 10.5 Å². The van der Waals surface area contributed by atoms with Gasteiger partial charge in [-0.15, -0.1) is 11.8 Å². The molecule has 2 atom stereocenters. The monoisotopic (exact) mass is 308 g/mol. The second-order valence-electron chi connectivity index (χ2n) is 5.35. The van der Waals surface area contributed by atoms with Gasteiger partial charge in [-0.3, -0.25) is 4.79 Å². The molecule has 0 saturated carbocycles. The largest absolute Gasteiger partial charge is 0.497 e. The summed E-state index contributed by atoms with van der Waals surface area (Å²) in [5, 5.41) is -0.0921. The molecule has 1 fully saturated rings. The summed E-state index contributed by atoms with van der Waals surface area (Å²) in [6.07, 6.45) is 3.29. The minimum absolute atomic E-state index is 0.0921. The first-order valence-electron chi connectivity index (χ1n) is 7.47. The first-order valence-corrected chi connectivity index (χ1v) is 8.35. The highest BCUT2D eigenvalue weighted by Gasteiger charge is 2.29. The van der Waals surface area contributed by atoms with Crippen molar-refractivity contribution in [3.8, 4) is 5.75 Å². The topological polar surface area (TPSA) is 55.6 Å². The first kappa shape index (κ1) is 16.2. The van der Waals surface area contributed by atoms with Gasteiger partial charge in [-0.05, 0) is 50.5 Å². The van der Waals surface area contributed by atoms with E-state index in [1.54, 1.807) is 18.9 Å². The molecule has 1 aromatic rings. The molecule has 0 aliphatic carbocycles. The summed E-state index contributed by atoms with van der Waals surface area (Å²) >= 11 is 1.59. The van der Waals surface area contributed by atoms with Crippen LogP contribution in [0.15, 0.2) is 29.2 Å². The van der Waals surface area contributed by atoms with Gasteiger partial charge >= 0.3 is 0 Å². The standard InChI is InChI=1S/C16H24N2O2S/c1-12(21-15-8-6-14(20-2)7-9-15)16(19)18-10-4-3-5-13(18)11-17/h6-9,12-13H,3-5,10-11,17H2,1-2H3. The van der Waals surface area contributed by atoms with Gasteiger partial charge in [-0.2, -0.15) is 0 Å². The Labute approximate surface area is 131 Å². The molecule has 1 aliphatic heterocycles. The Morgan fingerprint density at radius 2 is 2.14 bits per heavy atom. The molecule has 1 heterocycles. The van der Waals surface area contributed by atoms with Crippen LogP contribution in [-0.4, -0.2) is 42.3 Å². The van der Waals surface area contributed by atoms with E-state index < -0.39 is 0 Å². The zero-order valence-corrected chi connectivity index (χ0v) is 13.6. The van der Waals surface area contributed by atoms with Crippen molar-refractivity contribution in [1.29, 1.82) is 0 Å². The number of carbonyl (C=O) groups is 1. The van der Waals surface area contributed by atoms with Crippen LogP contribution in [0, 0.1) is 0 Å². The number of nitrogens with two attached hydrogens (primary N) is 1. The lowest BCUT2D eigenvalue weighted by Crippen LogP contribution is -2.49. The van der Waals surface area contributed by atoms with E-state index in [0.717, 1.165) is 30.0 Å². The van der Waals surface area contributed by atoms with Gasteiger partial charge in [0, 0.05) is 24.0 Å². The van der Waals surface area contributed by atoms with E-state index in [1.807, 2.05) is 36.1 Å². The molecule has 21 heavy (non-hydrogen) atoms. The first-order chi connectivity index (χ1) is 10.2. The van der Waals surface area contributed by atoms with Crippen LogP contribution in [0.3, 0.4) is 0 Å². The van der Waals surface area contributed by atoms with Crippen molar-refractivity contribution >= 4 is 17.7 Å². The summed E-state index contributed by atoms with van der Waals surface area (Å²) in [7, 11) is 1.65. The maximum atomic E-state index is 12.6. The normalized spacial score (nSPS) is 20.1. The van der Waals surface area contributed by atoms with Gasteiger partial charge in [0.25, 0.3) is 0 Å². The predicted molar refractivity (Wildman–Crippen MR) is 86.7 cm³/mol. The van der Waals surface area contributed by atoms with Crippen LogP contribution in [0.25, 0.3) is 0 Å². The summed E-state index contributed by atoms with van der Waals surface area (Å²) in [6.45, 7) is 3.37. The lowest BCUT2D eigenvalue weighted by atomic mass is 10.0. The number of amides is 1. The number of hydrogen-bond acceptors (Lipinski definition) is 4. The summed E-state index contributed by atoms with van der Waals surface area (Å²) in [4.78, 5) is 15.7. The van der Waals surface area contributed by atoms with E-state index in [0.29, 0.717) is 6.54 Å². The highest BCUT2D eigenvalue weighted by molar-refractivity contribution is 8.00. The Bertz CT molecular complexity index is 464. The Kier molecular flexibility index (Phi) is 5.94. The lowest BCUT2D eigenvalue weighted by molar-refractivity contribution is -0.133. The van der Waals surface area contributed by atoms with Crippen molar-refractivity contribution in [3.63, 3.8) is 0 Å². The fourth-order valence-electron chi connectivity index (χ4n) is 2.68. The fraction of sp³-hybridized carbons (Fsp3) is 0.562. The summed E-state index contributed by atoms with van der Waals surface area (Å²) in [5.41, 5.74) is 5.80. The van der Waals surface area contributed by atoms with E-state index in [9.17, 15) is 4.79 Å². The predicted octanol–water partition coefficient (Wildman–Crippen LogP) is 2.52. The molecule has 4 nitrogen and oxygen atoms in total. The fourth-order valence-corrected chi connectivity index (χ4v) is 3.62. The molecule has 0 bridgehead atoms. The van der Waals surface area contributed by atoms with Gasteiger partial charge < -0.3 is 15.4 Å². The van der Waals surface area contributed by atoms with E-state index in [4.69, 9.17) is 10.5 Å². The highest BCUT2D eigenvalue weighted by atomic mass is 32.2. The molecule has 2 unspecified atom stereocenters. The number of benzene rings is 1. The Balaban J connectivity index is 1.97. The van der Waals surface area contributed by atoms with Gasteiger partial charge in [-0.1, -0.05) is 0 Å². The van der Waals surface area contributed by atoms with Gasteiger partial charge in [0.2, 0.25) is 5.91 Å². The van der Waals surface area contributed by atoms with Gasteiger partial charge in [0.15, 0.2) is 0 Å². The van der Waals surface area contributed by atoms with Crippen molar-refractivity contribution in [2.24, 2.45) is 5.73 Å². The molecule has 1 saturated heterocycles. The van der Waals surface area contributed by atoms with Crippen LogP contribution in [0.1, 0.15) is 26.2 Å². The van der Waals surface area contributed by atoms with Gasteiger partial charge in [-0.25, -0.2) is 0 Å². The molecule has 116 valence electrons. The zero-order chi connectivity index (χ0) is 15.2. The summed E-state index contributed by atoms with van der Waals surface area (Å²) < 4.78 is 5.15. The molecule has 1 aliphatic rings. The van der Waals surface area contributed by atoms with Crippen molar-refractivity contribution in [2.75, 3.05) is 20.2 Å². The second kappa shape index (κ2) is 7.71. The van der Waals surface area contributed by atoms with Crippen LogP contribution in [-0.2, 0) is 4.79 Å². The number of carbonyl (C=O) groups excluding carboxylic acids is 1. The molecule has 5 heteroatoms. The molecule has 2 N–H and O–H groups in total. The molecule has 1 aromatic carbocycles. The minimum Gasteiger partial charge on any atom is -0.497 e. The van der Waals surface area contributed by atoms with Crippen molar-refractivity contribution in [2.45, 2.75) is 42.4 Å². The van der Waals surface area contributed by atoms with Crippen LogP contribution in [0.2, 0.25) is 0 Å². The Morgan fingerprint density at radius 3 is 2.76 bits per heavy atom. The van der Waals surface area contributed by atoms with Crippen LogP contribution >= 0.6 is 11.8 Å². The van der Waals surface area contributed by atoms with Gasteiger partial charge in [0.05, 0.1) is 12.4 Å². The van der Waals surface area contributed by atoms with Crippen molar-refractivity contribution in [1.82, 2.24) is 4.90 Å². The molecular formula is C16H24N2O2S. The average molecular weight is 308 g/mol. The number of methoxy groups -OCH3 is 1. The quantitative estimate of drug-likeness (QED) is 0.849. The maximum absolute atomic E-state index is 12.6. The maximum Gasteiger partial charge on any atom is 0.236 e. The third-order valence-electron chi connectivity index (χ3n) is 3.90. The van der Waals surface area contributed by atoms with Crippen LogP contribution in [0.5, 0.6) is 5.75 Å². The molecule has 2 rings (SSSR count). The van der Waals surface area contributed by atoms with E-state index in [-0.39, 0.29) is 17.2 Å². The van der Waals surface area contributed by atoms with Crippen LogP contribution in [0.4, 0.5) is 0 Å². The zero-order valence-electron chi connectivity index (χ0n) is 12.7. The van der Waals surface area contributed by atoms with E-state index >= 15 is 0 Å². The lowest BCUT2D eigenvalue weighted by Gasteiger charge is -2.36. The molecule has 0 aromatic heterocycles. The highest BCUT2D eigenvalue weighted by Crippen LogP contribution is 2.28. The minimum atomic E-state index is -0.0921. The molecule has 0 spiro atoms. The Hall–Kier alpha value is -1.20. The van der Waals surface area contributed by atoms with E-state index in [2.05, 4.69) is 0 Å². The number of ether oxygens (including phenoxy) is 1. The number of rotatable bonds is 5. The SMILES string of the molecule is COc1ccc(SC(C)C(=O)N2CCCCC2CN)cc1. The third-order valence-corrected chi connectivity index (χ3v) is 5.00. The molecular weight excluding hydrogens is 284 g/mol. The number of nitrogens with zero attached hydrogens (tertiary/aromatic N) is 1. The number of piperidine rings is 1. The van der Waals surface area contributed by atoms with Crippen molar-refractivity contribution < 1.29 is 9.53 Å². The number of likely N-dealkylation sites (tertiary alicyclic amines) is 1. The molecule has 1 amide bonds. The third kappa shape index (κ3) is 4.14. The number of thioether (sulfide) groups is 1. The number of hydrogen-bond donors (Lipinski definition) is 1. The van der Waals surface area contributed by atoms with Crippen molar-refractivity contribution in [3.05, 3.63) is 24.3 Å². The second-order valence-corrected chi connectivity index (χ2v) is 6.77. The average Bonchev–Trinajstić information content (AvgIpc) is 2.54. The van der Waals surface area contributed by atoms with Gasteiger partial charge in [0.1, 0.15) is 5.75 Å². The Morgan fingerprint density at radius 1 is 1.43 bits per heavy atom. The van der Waals surface area contributed by atoms with E-state index in [1.165, 1.54) is 6.42 Å². The summed E-state index contributed by atoms with van der Waals surface area (Å²) in [5.74, 6) is 1.03. The smallest absolute Gasteiger partial charge is 0.236 e. The molecule has 0 radical (unpaired) electrons.